The first kappa shape index (κ1) is 14.1. The summed E-state index contributed by atoms with van der Waals surface area (Å²) in [6, 6.07) is 11.7. The van der Waals surface area contributed by atoms with Gasteiger partial charge in [-0.2, -0.15) is 0 Å². The fraction of sp³-hybridized carbons (Fsp3) is 0. The van der Waals surface area contributed by atoms with Crippen molar-refractivity contribution in [2.24, 2.45) is 0 Å². The van der Waals surface area contributed by atoms with Crippen LogP contribution in [0.4, 0.5) is 5.13 Å². The number of nitrogens with zero attached hydrogens (tertiary/aromatic N) is 1. The first-order valence-electron chi connectivity index (χ1n) is 6.48. The number of phenolic OH excluding ortho intramolecular Hbond substituents is 2. The summed E-state index contributed by atoms with van der Waals surface area (Å²) in [5, 5.41) is 22.0. The number of hydrogen-bond acceptors (Lipinski definition) is 5. The number of anilines is 1. The molecule has 0 saturated carbocycles. The lowest BCUT2D eigenvalue weighted by molar-refractivity contribution is -0.111. The van der Waals surface area contributed by atoms with Gasteiger partial charge >= 0.3 is 0 Å². The Balaban J connectivity index is 1.72. The Bertz CT molecular complexity index is 817. The van der Waals surface area contributed by atoms with Crippen LogP contribution in [0.25, 0.3) is 16.3 Å². The number of fused-ring (bicyclic) bond motifs is 1. The van der Waals surface area contributed by atoms with Gasteiger partial charge in [-0.05, 0) is 35.9 Å². The third-order valence-electron chi connectivity index (χ3n) is 2.88. The highest BCUT2D eigenvalue weighted by Gasteiger charge is 2.05. The van der Waals surface area contributed by atoms with Gasteiger partial charge in [0.15, 0.2) is 5.13 Å². The predicted octanol–water partition coefficient (Wildman–Crippen LogP) is 3.36. The van der Waals surface area contributed by atoms with Crippen LogP contribution in [0.3, 0.4) is 0 Å². The number of aromatic nitrogens is 1. The van der Waals surface area contributed by atoms with E-state index < -0.39 is 0 Å². The molecule has 3 N–H and O–H groups in total. The Morgan fingerprint density at radius 1 is 1.14 bits per heavy atom. The molecule has 3 rings (SSSR count). The van der Waals surface area contributed by atoms with Crippen LogP contribution in [0.2, 0.25) is 0 Å². The van der Waals surface area contributed by atoms with Gasteiger partial charge in [-0.25, -0.2) is 4.98 Å². The number of para-hydroxylation sites is 1. The van der Waals surface area contributed by atoms with Crippen LogP contribution in [0.1, 0.15) is 5.56 Å². The van der Waals surface area contributed by atoms with Crippen LogP contribution < -0.4 is 5.32 Å². The molecule has 0 aliphatic carbocycles. The number of amides is 1. The largest absolute Gasteiger partial charge is 0.508 e. The summed E-state index contributed by atoms with van der Waals surface area (Å²) in [5.41, 5.74) is 1.36. The van der Waals surface area contributed by atoms with Crippen LogP contribution >= 0.6 is 11.3 Å². The molecule has 3 aromatic rings. The van der Waals surface area contributed by atoms with E-state index in [0.29, 0.717) is 10.7 Å². The van der Waals surface area contributed by atoms with Crippen molar-refractivity contribution >= 4 is 38.7 Å². The highest BCUT2D eigenvalue weighted by Crippen LogP contribution is 2.25. The number of aromatic hydroxyl groups is 2. The zero-order valence-electron chi connectivity index (χ0n) is 11.4. The van der Waals surface area contributed by atoms with Crippen molar-refractivity contribution in [3.05, 3.63) is 54.1 Å². The Labute approximate surface area is 130 Å². The van der Waals surface area contributed by atoms with Gasteiger partial charge in [0.05, 0.1) is 10.2 Å². The van der Waals surface area contributed by atoms with Crippen LogP contribution in [0.15, 0.2) is 48.5 Å². The SMILES string of the molecule is O=C(/C=C/c1cc(O)cc(O)c1)Nc1nc2ccccc2s1. The Hall–Kier alpha value is -2.86. The van der Waals surface area contributed by atoms with E-state index >= 15 is 0 Å². The minimum Gasteiger partial charge on any atom is -0.508 e. The molecule has 0 unspecified atom stereocenters. The second-order valence-corrected chi connectivity index (χ2v) is 5.62. The van der Waals surface area contributed by atoms with Gasteiger partial charge in [-0.1, -0.05) is 23.5 Å². The van der Waals surface area contributed by atoms with Crippen molar-refractivity contribution in [3.63, 3.8) is 0 Å². The summed E-state index contributed by atoms with van der Waals surface area (Å²) in [7, 11) is 0. The number of hydrogen-bond donors (Lipinski definition) is 3. The zero-order valence-corrected chi connectivity index (χ0v) is 12.2. The second kappa shape index (κ2) is 5.87. The predicted molar refractivity (Wildman–Crippen MR) is 87.1 cm³/mol. The van der Waals surface area contributed by atoms with Gasteiger partial charge in [0.25, 0.3) is 0 Å². The van der Waals surface area contributed by atoms with Gasteiger partial charge in [-0.3, -0.25) is 10.1 Å². The summed E-state index contributed by atoms with van der Waals surface area (Å²) in [6.07, 6.45) is 2.82. The lowest BCUT2D eigenvalue weighted by Gasteiger charge is -1.98. The van der Waals surface area contributed by atoms with E-state index in [0.717, 1.165) is 10.2 Å². The van der Waals surface area contributed by atoms with Crippen molar-refractivity contribution in [2.75, 3.05) is 5.32 Å². The molecule has 1 aromatic heterocycles. The van der Waals surface area contributed by atoms with Gasteiger partial charge < -0.3 is 10.2 Å². The van der Waals surface area contributed by atoms with E-state index in [1.807, 2.05) is 24.3 Å². The standard InChI is InChI=1S/C16H12N2O3S/c19-11-7-10(8-12(20)9-11)5-6-15(21)18-16-17-13-3-1-2-4-14(13)22-16/h1-9,19-20H,(H,17,18,21)/b6-5+. The fourth-order valence-electron chi connectivity index (χ4n) is 1.96. The normalized spacial score (nSPS) is 11.1. The molecule has 22 heavy (non-hydrogen) atoms. The average molecular weight is 312 g/mol. The molecule has 2 aromatic carbocycles. The average Bonchev–Trinajstić information content (AvgIpc) is 2.86. The molecular formula is C16H12N2O3S. The lowest BCUT2D eigenvalue weighted by Crippen LogP contribution is -2.07. The summed E-state index contributed by atoms with van der Waals surface area (Å²) in [5.74, 6) is -0.459. The zero-order chi connectivity index (χ0) is 15.5. The maximum Gasteiger partial charge on any atom is 0.250 e. The molecule has 1 amide bonds. The smallest absolute Gasteiger partial charge is 0.250 e. The molecular weight excluding hydrogens is 300 g/mol. The van der Waals surface area contributed by atoms with Crippen LogP contribution in [-0.2, 0) is 4.79 Å². The third-order valence-corrected chi connectivity index (χ3v) is 3.83. The van der Waals surface area contributed by atoms with E-state index in [4.69, 9.17) is 0 Å². The fourth-order valence-corrected chi connectivity index (χ4v) is 2.83. The lowest BCUT2D eigenvalue weighted by atomic mass is 10.2. The first-order chi connectivity index (χ1) is 10.6. The van der Waals surface area contributed by atoms with E-state index in [-0.39, 0.29) is 17.4 Å². The van der Waals surface area contributed by atoms with Crippen molar-refractivity contribution in [3.8, 4) is 11.5 Å². The van der Waals surface area contributed by atoms with Gasteiger partial charge in [-0.15, -0.1) is 0 Å². The summed E-state index contributed by atoms with van der Waals surface area (Å²) < 4.78 is 1.000. The maximum atomic E-state index is 11.9. The van der Waals surface area contributed by atoms with Crippen LogP contribution in [0.5, 0.6) is 11.5 Å². The van der Waals surface area contributed by atoms with Crippen molar-refractivity contribution in [1.82, 2.24) is 4.98 Å². The maximum absolute atomic E-state index is 11.9. The third kappa shape index (κ3) is 3.24. The number of carbonyl (C=O) groups is 1. The number of phenols is 2. The number of nitrogens with one attached hydrogen (secondary N) is 1. The quantitative estimate of drug-likeness (QED) is 0.648. The number of rotatable bonds is 3. The molecule has 110 valence electrons. The number of carbonyl (C=O) groups excluding carboxylic acids is 1. The van der Waals surface area contributed by atoms with E-state index in [1.54, 1.807) is 0 Å². The molecule has 0 spiro atoms. The second-order valence-electron chi connectivity index (χ2n) is 4.59. The summed E-state index contributed by atoms with van der Waals surface area (Å²) in [6.45, 7) is 0. The summed E-state index contributed by atoms with van der Waals surface area (Å²) >= 11 is 1.40. The Kier molecular flexibility index (Phi) is 3.76. The number of benzene rings is 2. The highest BCUT2D eigenvalue weighted by atomic mass is 32.1. The molecule has 0 radical (unpaired) electrons. The Morgan fingerprint density at radius 3 is 2.59 bits per heavy atom. The number of thiazole rings is 1. The molecule has 0 saturated heterocycles. The molecule has 0 aliphatic rings. The first-order valence-corrected chi connectivity index (χ1v) is 7.29. The molecule has 0 bridgehead atoms. The molecule has 1 heterocycles. The van der Waals surface area contributed by atoms with Crippen LogP contribution in [-0.4, -0.2) is 21.1 Å². The molecule has 0 atom stereocenters. The van der Waals surface area contributed by atoms with E-state index in [9.17, 15) is 15.0 Å². The monoisotopic (exact) mass is 312 g/mol. The molecule has 6 heteroatoms. The highest BCUT2D eigenvalue weighted by molar-refractivity contribution is 7.22. The Morgan fingerprint density at radius 2 is 1.86 bits per heavy atom. The summed E-state index contributed by atoms with van der Waals surface area (Å²) in [4.78, 5) is 16.2. The topological polar surface area (TPSA) is 82.5 Å². The van der Waals surface area contributed by atoms with Crippen molar-refractivity contribution < 1.29 is 15.0 Å². The molecule has 5 nitrogen and oxygen atoms in total. The minimum atomic E-state index is -0.332. The van der Waals surface area contributed by atoms with E-state index in [2.05, 4.69) is 10.3 Å². The van der Waals surface area contributed by atoms with Crippen molar-refractivity contribution in [1.29, 1.82) is 0 Å². The van der Waals surface area contributed by atoms with Crippen LogP contribution in [0, 0.1) is 0 Å². The minimum absolute atomic E-state index is 0.0637. The molecule has 0 fully saturated rings. The van der Waals surface area contributed by atoms with Gasteiger partial charge in [0.1, 0.15) is 11.5 Å². The van der Waals surface area contributed by atoms with E-state index in [1.165, 1.54) is 41.7 Å². The van der Waals surface area contributed by atoms with Crippen molar-refractivity contribution in [2.45, 2.75) is 0 Å². The molecule has 0 aliphatic heterocycles. The van der Waals surface area contributed by atoms with Gasteiger partial charge in [0, 0.05) is 12.1 Å². The van der Waals surface area contributed by atoms with Gasteiger partial charge in [0.2, 0.25) is 5.91 Å².